The van der Waals surface area contributed by atoms with Gasteiger partial charge in [0.15, 0.2) is 18.1 Å². The number of ether oxygens (including phenoxy) is 2. The number of halogens is 1. The molecule has 1 amide bonds. The van der Waals surface area contributed by atoms with Crippen molar-refractivity contribution in [3.8, 4) is 11.5 Å². The van der Waals surface area contributed by atoms with E-state index in [0.29, 0.717) is 11.5 Å². The number of hydrazone groups is 1. The lowest BCUT2D eigenvalue weighted by molar-refractivity contribution is -0.139. The van der Waals surface area contributed by atoms with Crippen LogP contribution in [0, 0.1) is 17.3 Å². The Balaban J connectivity index is 1.64. The monoisotopic (exact) mass is 394 g/mol. The molecule has 0 aliphatic heterocycles. The molecule has 0 heterocycles. The summed E-state index contributed by atoms with van der Waals surface area (Å²) in [6.07, 6.45) is 6.07. The van der Waals surface area contributed by atoms with Gasteiger partial charge in [-0.3, -0.25) is 4.79 Å². The van der Waals surface area contributed by atoms with E-state index < -0.39 is 12.6 Å². The van der Waals surface area contributed by atoms with Crippen LogP contribution in [0.1, 0.15) is 38.2 Å². The molecule has 3 rings (SSSR count). The summed E-state index contributed by atoms with van der Waals surface area (Å²) >= 11 is 6.15. The second kappa shape index (κ2) is 7.76. The Morgan fingerprint density at radius 2 is 2.22 bits per heavy atom. The zero-order valence-electron chi connectivity index (χ0n) is 15.3. The predicted molar refractivity (Wildman–Crippen MR) is 100 cm³/mol. The number of nitrogens with zero attached hydrogens (tertiary/aromatic N) is 1. The lowest BCUT2D eigenvalue weighted by Crippen LogP contribution is -2.22. The van der Waals surface area contributed by atoms with Crippen LogP contribution in [0.4, 0.5) is 0 Å². The Morgan fingerprint density at radius 1 is 1.44 bits per heavy atom. The molecule has 0 bridgehead atoms. The number of carboxylic acids is 1. The molecular formula is C19H23ClN2O5. The zero-order chi connectivity index (χ0) is 19.6. The third-order valence-corrected chi connectivity index (χ3v) is 5.87. The van der Waals surface area contributed by atoms with Crippen molar-refractivity contribution >= 4 is 29.7 Å². The first kappa shape index (κ1) is 19.5. The normalized spacial score (nSPS) is 26.3. The van der Waals surface area contributed by atoms with Gasteiger partial charge in [0.1, 0.15) is 0 Å². The lowest BCUT2D eigenvalue weighted by atomic mass is 9.90. The highest BCUT2D eigenvalue weighted by Crippen LogP contribution is 2.66. The molecule has 0 spiro atoms. The average molecular weight is 395 g/mol. The molecule has 0 unspecified atom stereocenters. The van der Waals surface area contributed by atoms with Crippen molar-refractivity contribution in [3.63, 3.8) is 0 Å². The Bertz CT molecular complexity index is 782. The Kier molecular flexibility index (Phi) is 5.60. The predicted octanol–water partition coefficient (Wildman–Crippen LogP) is 3.09. The number of benzene rings is 1. The van der Waals surface area contributed by atoms with Gasteiger partial charge in [0.25, 0.3) is 0 Å². The van der Waals surface area contributed by atoms with E-state index >= 15 is 0 Å². The van der Waals surface area contributed by atoms with E-state index in [9.17, 15) is 9.59 Å². The number of hydrogen-bond donors (Lipinski definition) is 2. The minimum Gasteiger partial charge on any atom is -0.493 e. The van der Waals surface area contributed by atoms with Crippen LogP contribution in [0.5, 0.6) is 11.5 Å². The first-order chi connectivity index (χ1) is 12.9. The number of rotatable bonds is 7. The fourth-order valence-electron chi connectivity index (χ4n) is 4.18. The molecule has 2 saturated carbocycles. The van der Waals surface area contributed by atoms with Crippen molar-refractivity contribution in [2.45, 2.75) is 32.6 Å². The molecule has 7 nitrogen and oxygen atoms in total. The summed E-state index contributed by atoms with van der Waals surface area (Å²) in [5.41, 5.74) is 3.35. The molecule has 2 aliphatic rings. The maximum Gasteiger partial charge on any atom is 0.341 e. The van der Waals surface area contributed by atoms with Gasteiger partial charge in [0.2, 0.25) is 5.91 Å². The number of aliphatic carboxylic acids is 1. The molecule has 146 valence electrons. The highest BCUT2D eigenvalue weighted by molar-refractivity contribution is 6.32. The van der Waals surface area contributed by atoms with E-state index in [1.807, 2.05) is 0 Å². The van der Waals surface area contributed by atoms with Crippen LogP contribution in [0.3, 0.4) is 0 Å². The van der Waals surface area contributed by atoms with Gasteiger partial charge in [-0.2, -0.15) is 5.10 Å². The van der Waals surface area contributed by atoms with Crippen LogP contribution in [-0.2, 0) is 9.59 Å². The second-order valence-electron chi connectivity index (χ2n) is 7.29. The summed E-state index contributed by atoms with van der Waals surface area (Å²) in [5.74, 6) is -0.199. The van der Waals surface area contributed by atoms with Gasteiger partial charge < -0.3 is 14.6 Å². The van der Waals surface area contributed by atoms with Crippen LogP contribution in [0.15, 0.2) is 17.2 Å². The molecule has 0 saturated heterocycles. The van der Waals surface area contributed by atoms with Crippen molar-refractivity contribution in [2.75, 3.05) is 13.7 Å². The van der Waals surface area contributed by atoms with Gasteiger partial charge in [-0.1, -0.05) is 31.4 Å². The molecule has 1 aromatic rings. The summed E-state index contributed by atoms with van der Waals surface area (Å²) in [7, 11) is 1.43. The molecular weight excluding hydrogens is 372 g/mol. The minimum atomic E-state index is -1.11. The smallest absolute Gasteiger partial charge is 0.341 e. The van der Waals surface area contributed by atoms with Crippen molar-refractivity contribution in [1.82, 2.24) is 5.43 Å². The summed E-state index contributed by atoms with van der Waals surface area (Å²) in [4.78, 5) is 23.1. The fraction of sp³-hybridized carbons (Fsp3) is 0.526. The minimum absolute atomic E-state index is 0.0416. The third-order valence-electron chi connectivity index (χ3n) is 5.59. The number of carbonyl (C=O) groups is 2. The van der Waals surface area contributed by atoms with Crippen LogP contribution < -0.4 is 14.9 Å². The summed E-state index contributed by atoms with van der Waals surface area (Å²) in [5, 5.41) is 13.0. The first-order valence-corrected chi connectivity index (χ1v) is 9.29. The van der Waals surface area contributed by atoms with Gasteiger partial charge in [0.05, 0.1) is 18.3 Å². The SMILES string of the molecule is COc1cc(/C=N\NC(=O)[C@@H]2[C@@H]3CCCC[C@@]23C)cc(Cl)c1OCC(=O)O. The standard InChI is InChI=1S/C19H23ClN2O5/c1-19-6-4-3-5-12(19)16(19)18(25)22-21-9-11-7-13(20)17(14(8-11)26-2)27-10-15(23)24/h7-9,12,16H,3-6,10H2,1-2H3,(H,22,25)(H,23,24)/b21-9-/t12-,16-,19+/m0/s1. The van der Waals surface area contributed by atoms with Crippen molar-refractivity contribution in [2.24, 2.45) is 22.4 Å². The van der Waals surface area contributed by atoms with Gasteiger partial charge >= 0.3 is 5.97 Å². The topological polar surface area (TPSA) is 97.2 Å². The first-order valence-electron chi connectivity index (χ1n) is 8.92. The Labute approximate surface area is 162 Å². The number of carboxylic acid groups (broad SMARTS) is 1. The van der Waals surface area contributed by atoms with Gasteiger partial charge in [-0.15, -0.1) is 0 Å². The Morgan fingerprint density at radius 3 is 2.85 bits per heavy atom. The fourth-order valence-corrected chi connectivity index (χ4v) is 4.45. The van der Waals surface area contributed by atoms with E-state index in [-0.39, 0.29) is 33.8 Å². The lowest BCUT2D eigenvalue weighted by Gasteiger charge is -2.15. The number of methoxy groups -OCH3 is 1. The van der Waals surface area contributed by atoms with Crippen molar-refractivity contribution in [3.05, 3.63) is 22.7 Å². The molecule has 2 fully saturated rings. The van der Waals surface area contributed by atoms with Gasteiger partial charge in [-0.05, 0) is 41.9 Å². The molecule has 27 heavy (non-hydrogen) atoms. The molecule has 3 atom stereocenters. The number of hydrogen-bond acceptors (Lipinski definition) is 5. The summed E-state index contributed by atoms with van der Waals surface area (Å²) in [6.45, 7) is 1.66. The molecule has 2 N–H and O–H groups in total. The van der Waals surface area contributed by atoms with Crippen molar-refractivity contribution < 1.29 is 24.2 Å². The molecule has 1 aromatic carbocycles. The third kappa shape index (κ3) is 4.03. The maximum atomic E-state index is 12.4. The maximum absolute atomic E-state index is 12.4. The van der Waals surface area contributed by atoms with Gasteiger partial charge in [-0.25, -0.2) is 10.2 Å². The van der Waals surface area contributed by atoms with Gasteiger partial charge in [0, 0.05) is 5.92 Å². The zero-order valence-corrected chi connectivity index (χ0v) is 16.1. The quantitative estimate of drug-likeness (QED) is 0.547. The second-order valence-corrected chi connectivity index (χ2v) is 7.69. The highest BCUT2D eigenvalue weighted by atomic mass is 35.5. The van der Waals surface area contributed by atoms with Crippen molar-refractivity contribution in [1.29, 1.82) is 0 Å². The largest absolute Gasteiger partial charge is 0.493 e. The molecule has 8 heteroatoms. The van der Waals surface area contributed by atoms with Crippen LogP contribution in [-0.4, -0.2) is 36.9 Å². The number of fused-ring (bicyclic) bond motifs is 1. The molecule has 0 aromatic heterocycles. The molecule has 2 aliphatic carbocycles. The van der Waals surface area contributed by atoms with Crippen LogP contribution in [0.25, 0.3) is 0 Å². The van der Waals surface area contributed by atoms with E-state index in [1.54, 1.807) is 12.1 Å². The van der Waals surface area contributed by atoms with E-state index in [4.69, 9.17) is 26.2 Å². The number of carbonyl (C=O) groups excluding carboxylic acids is 1. The average Bonchev–Trinajstić information content (AvgIpc) is 3.25. The summed E-state index contributed by atoms with van der Waals surface area (Å²) in [6, 6.07) is 3.17. The van der Waals surface area contributed by atoms with Crippen LogP contribution >= 0.6 is 11.6 Å². The van der Waals surface area contributed by atoms with E-state index in [1.165, 1.54) is 26.2 Å². The van der Waals surface area contributed by atoms with E-state index in [0.717, 1.165) is 12.8 Å². The summed E-state index contributed by atoms with van der Waals surface area (Å²) < 4.78 is 10.4. The van der Waals surface area contributed by atoms with E-state index in [2.05, 4.69) is 17.5 Å². The number of nitrogens with one attached hydrogen (secondary N) is 1. The number of amides is 1. The molecule has 0 radical (unpaired) electrons. The Hall–Kier alpha value is -2.28. The van der Waals surface area contributed by atoms with Crippen LogP contribution in [0.2, 0.25) is 5.02 Å². The highest BCUT2D eigenvalue weighted by Gasteiger charge is 2.64.